The Morgan fingerprint density at radius 1 is 1.19 bits per heavy atom. The molecule has 2 aromatic rings. The fourth-order valence-electron chi connectivity index (χ4n) is 1.75. The Balaban J connectivity index is 2.24. The molecule has 7 heteroatoms. The van der Waals surface area contributed by atoms with Crippen molar-refractivity contribution < 1.29 is 18.0 Å². The summed E-state index contributed by atoms with van der Waals surface area (Å²) in [6.45, 7) is 0. The zero-order valence-corrected chi connectivity index (χ0v) is 11.9. The van der Waals surface area contributed by atoms with Crippen molar-refractivity contribution in [2.24, 2.45) is 0 Å². The molecule has 0 bridgehead atoms. The molecule has 0 saturated carbocycles. The number of nitrogens with zero attached hydrogens (tertiary/aromatic N) is 1. The zero-order chi connectivity index (χ0) is 15.6. The first-order chi connectivity index (χ1) is 9.77. The van der Waals surface area contributed by atoms with Crippen molar-refractivity contribution in [3.8, 4) is 0 Å². The number of hydrogen-bond donors (Lipinski definition) is 0. The van der Waals surface area contributed by atoms with Crippen molar-refractivity contribution in [2.45, 2.75) is 12.6 Å². The molecule has 0 N–H and O–H groups in total. The van der Waals surface area contributed by atoms with Gasteiger partial charge in [-0.15, -0.1) is 0 Å². The number of Topliss-reactive ketones (excluding diaryl/α,β-unsaturated/α-hetero) is 1. The van der Waals surface area contributed by atoms with Gasteiger partial charge < -0.3 is 0 Å². The molecule has 0 radical (unpaired) electrons. The van der Waals surface area contributed by atoms with E-state index < -0.39 is 17.5 Å². The van der Waals surface area contributed by atoms with E-state index in [0.29, 0.717) is 0 Å². The molecule has 110 valence electrons. The Morgan fingerprint density at radius 3 is 2.52 bits per heavy atom. The molecule has 0 amide bonds. The van der Waals surface area contributed by atoms with Gasteiger partial charge in [-0.25, -0.2) is 4.98 Å². The number of carbonyl (C=O) groups excluding carboxylic acids is 1. The van der Waals surface area contributed by atoms with Crippen LogP contribution in [0.2, 0.25) is 10.0 Å². The Bertz CT molecular complexity index is 686. The standard InChI is InChI=1S/C14H8Cl2F3NO/c15-10-6-11(16)13(20-7-10)12(21)5-8-2-1-3-9(4-8)14(17,18)19/h1-4,6-7H,5H2. The van der Waals surface area contributed by atoms with Gasteiger partial charge in [0.25, 0.3) is 0 Å². The summed E-state index contributed by atoms with van der Waals surface area (Å²) in [6, 6.07) is 5.93. The molecule has 0 atom stereocenters. The lowest BCUT2D eigenvalue weighted by molar-refractivity contribution is -0.137. The van der Waals surface area contributed by atoms with E-state index in [1.807, 2.05) is 0 Å². The van der Waals surface area contributed by atoms with Gasteiger partial charge in [-0.1, -0.05) is 41.4 Å². The maximum absolute atomic E-state index is 12.6. The molecule has 0 aliphatic heterocycles. The highest BCUT2D eigenvalue weighted by Gasteiger charge is 2.30. The number of halogens is 5. The number of aromatic nitrogens is 1. The molecule has 0 spiro atoms. The second kappa shape index (κ2) is 6.03. The van der Waals surface area contributed by atoms with E-state index in [-0.39, 0.29) is 27.7 Å². The molecule has 0 fully saturated rings. The molecule has 0 unspecified atom stereocenters. The Hall–Kier alpha value is -1.59. The van der Waals surface area contributed by atoms with Gasteiger partial charge in [0.15, 0.2) is 5.78 Å². The summed E-state index contributed by atoms with van der Waals surface area (Å²) in [7, 11) is 0. The van der Waals surface area contributed by atoms with Gasteiger partial charge >= 0.3 is 6.18 Å². The first kappa shape index (κ1) is 15.8. The van der Waals surface area contributed by atoms with Crippen molar-refractivity contribution in [3.63, 3.8) is 0 Å². The molecular weight excluding hydrogens is 326 g/mol. The molecule has 0 aliphatic rings. The summed E-state index contributed by atoms with van der Waals surface area (Å²) in [5.41, 5.74) is -0.580. The minimum Gasteiger partial charge on any atom is -0.292 e. The zero-order valence-electron chi connectivity index (χ0n) is 10.4. The summed E-state index contributed by atoms with van der Waals surface area (Å²) in [6.07, 6.45) is -3.42. The number of carbonyl (C=O) groups is 1. The lowest BCUT2D eigenvalue weighted by atomic mass is 10.0. The monoisotopic (exact) mass is 333 g/mol. The fraction of sp³-hybridized carbons (Fsp3) is 0.143. The summed E-state index contributed by atoms with van der Waals surface area (Å²) in [5, 5.41) is 0.343. The molecule has 1 aromatic carbocycles. The van der Waals surface area contributed by atoms with Crippen molar-refractivity contribution in [1.82, 2.24) is 4.98 Å². The van der Waals surface area contributed by atoms with Gasteiger partial charge in [0.1, 0.15) is 5.69 Å². The summed E-state index contributed by atoms with van der Waals surface area (Å²) in [5.74, 6) is -0.476. The van der Waals surface area contributed by atoms with Crippen LogP contribution in [0.1, 0.15) is 21.6 Å². The molecule has 2 rings (SSSR count). The SMILES string of the molecule is O=C(Cc1cccc(C(F)(F)F)c1)c1ncc(Cl)cc1Cl. The van der Waals surface area contributed by atoms with Crippen molar-refractivity contribution in [1.29, 1.82) is 0 Å². The van der Waals surface area contributed by atoms with Crippen molar-refractivity contribution in [2.75, 3.05) is 0 Å². The van der Waals surface area contributed by atoms with Crippen LogP contribution in [0.15, 0.2) is 36.5 Å². The number of pyridine rings is 1. The average Bonchev–Trinajstić information content (AvgIpc) is 2.37. The highest BCUT2D eigenvalue weighted by atomic mass is 35.5. The van der Waals surface area contributed by atoms with E-state index in [4.69, 9.17) is 23.2 Å². The highest BCUT2D eigenvalue weighted by molar-refractivity contribution is 6.36. The van der Waals surface area contributed by atoms with Crippen LogP contribution in [-0.4, -0.2) is 10.8 Å². The lowest BCUT2D eigenvalue weighted by Crippen LogP contribution is -2.09. The molecular formula is C14H8Cl2F3NO. The molecule has 1 aromatic heterocycles. The first-order valence-corrected chi connectivity index (χ1v) is 6.53. The van der Waals surface area contributed by atoms with Crippen LogP contribution in [-0.2, 0) is 12.6 Å². The maximum Gasteiger partial charge on any atom is 0.416 e. The minimum atomic E-state index is -4.45. The topological polar surface area (TPSA) is 30.0 Å². The van der Waals surface area contributed by atoms with Gasteiger partial charge in [-0.3, -0.25) is 4.79 Å². The van der Waals surface area contributed by atoms with Crippen molar-refractivity contribution >= 4 is 29.0 Å². The molecule has 21 heavy (non-hydrogen) atoms. The lowest BCUT2D eigenvalue weighted by Gasteiger charge is -2.08. The van der Waals surface area contributed by atoms with Gasteiger partial charge in [0.05, 0.1) is 15.6 Å². The minimum absolute atomic E-state index is 0.0153. The number of benzene rings is 1. The van der Waals surface area contributed by atoms with Crippen LogP contribution in [0.25, 0.3) is 0 Å². The van der Waals surface area contributed by atoms with Crippen molar-refractivity contribution in [3.05, 3.63) is 63.4 Å². The van der Waals surface area contributed by atoms with Crippen LogP contribution in [0.3, 0.4) is 0 Å². The van der Waals surface area contributed by atoms with E-state index in [0.717, 1.165) is 12.1 Å². The number of rotatable bonds is 3. The first-order valence-electron chi connectivity index (χ1n) is 5.78. The number of hydrogen-bond acceptors (Lipinski definition) is 2. The Kier molecular flexibility index (Phi) is 4.54. The van der Waals surface area contributed by atoms with Gasteiger partial charge in [-0.05, 0) is 17.7 Å². The summed E-state index contributed by atoms with van der Waals surface area (Å²) < 4.78 is 37.8. The van der Waals surface area contributed by atoms with E-state index in [1.54, 1.807) is 0 Å². The maximum atomic E-state index is 12.6. The number of alkyl halides is 3. The average molecular weight is 334 g/mol. The van der Waals surface area contributed by atoms with Crippen LogP contribution < -0.4 is 0 Å². The second-order valence-electron chi connectivity index (χ2n) is 4.28. The molecule has 0 saturated heterocycles. The Morgan fingerprint density at radius 2 is 1.90 bits per heavy atom. The van der Waals surface area contributed by atoms with Gasteiger partial charge in [0, 0.05) is 12.6 Å². The van der Waals surface area contributed by atoms with E-state index >= 15 is 0 Å². The van der Waals surface area contributed by atoms with Gasteiger partial charge in [0.2, 0.25) is 0 Å². The normalized spacial score (nSPS) is 11.5. The quantitative estimate of drug-likeness (QED) is 0.753. The summed E-state index contributed by atoms with van der Waals surface area (Å²) >= 11 is 11.5. The van der Waals surface area contributed by atoms with E-state index in [9.17, 15) is 18.0 Å². The number of ketones is 1. The molecule has 2 nitrogen and oxygen atoms in total. The predicted octanol–water partition coefficient (Wildman–Crippen LogP) is 4.83. The third-order valence-corrected chi connectivity index (χ3v) is 3.19. The van der Waals surface area contributed by atoms with Gasteiger partial charge in [-0.2, -0.15) is 13.2 Å². The van der Waals surface area contributed by atoms with E-state index in [1.165, 1.54) is 24.4 Å². The van der Waals surface area contributed by atoms with Crippen LogP contribution in [0.4, 0.5) is 13.2 Å². The predicted molar refractivity (Wildman–Crippen MR) is 73.7 cm³/mol. The molecule has 0 aliphatic carbocycles. The second-order valence-corrected chi connectivity index (χ2v) is 5.13. The van der Waals surface area contributed by atoms with Crippen LogP contribution in [0.5, 0.6) is 0 Å². The van der Waals surface area contributed by atoms with Crippen LogP contribution in [0, 0.1) is 0 Å². The largest absolute Gasteiger partial charge is 0.416 e. The fourth-order valence-corrected chi connectivity index (χ4v) is 2.23. The molecule has 1 heterocycles. The summed E-state index contributed by atoms with van der Waals surface area (Å²) in [4.78, 5) is 15.8. The van der Waals surface area contributed by atoms with E-state index in [2.05, 4.69) is 4.98 Å². The van der Waals surface area contributed by atoms with Crippen LogP contribution >= 0.6 is 23.2 Å². The Labute approximate surface area is 128 Å². The smallest absolute Gasteiger partial charge is 0.292 e. The third-order valence-electron chi connectivity index (χ3n) is 2.69. The third kappa shape index (κ3) is 3.95. The highest BCUT2D eigenvalue weighted by Crippen LogP contribution is 2.30.